The highest BCUT2D eigenvalue weighted by atomic mass is 16.6. The van der Waals surface area contributed by atoms with Crippen LogP contribution in [0.4, 0.5) is 5.69 Å². The number of non-ortho nitro benzene ring substituents is 1. The largest absolute Gasteiger partial charge is 0.480 e. The van der Waals surface area contributed by atoms with E-state index in [0.29, 0.717) is 6.04 Å². The van der Waals surface area contributed by atoms with Gasteiger partial charge < -0.3 is 10.0 Å². The van der Waals surface area contributed by atoms with E-state index < -0.39 is 5.97 Å². The number of benzene rings is 1. The molecule has 1 aliphatic heterocycles. The van der Waals surface area contributed by atoms with Crippen molar-refractivity contribution in [2.45, 2.75) is 25.3 Å². The molecule has 1 fully saturated rings. The van der Waals surface area contributed by atoms with E-state index >= 15 is 0 Å². The molecule has 1 aromatic rings. The first-order valence-corrected chi connectivity index (χ1v) is 7.83. The number of hydrogen-bond donors (Lipinski definition) is 1. The first-order valence-electron chi connectivity index (χ1n) is 7.83. The molecule has 7 nitrogen and oxygen atoms in total. The fraction of sp³-hybridized carbons (Fsp3) is 0.562. The molecule has 0 atom stereocenters. The Bertz CT molecular complexity index is 539. The van der Waals surface area contributed by atoms with Gasteiger partial charge in [0.1, 0.15) is 0 Å². The quantitative estimate of drug-likeness (QED) is 0.606. The summed E-state index contributed by atoms with van der Waals surface area (Å²) in [5, 5.41) is 19.5. The van der Waals surface area contributed by atoms with Gasteiger partial charge in [0, 0.05) is 24.7 Å². The van der Waals surface area contributed by atoms with Crippen molar-refractivity contribution in [3.05, 3.63) is 39.9 Å². The third-order valence-electron chi connectivity index (χ3n) is 4.43. The lowest BCUT2D eigenvalue weighted by atomic mass is 10.0. The van der Waals surface area contributed by atoms with Crippen molar-refractivity contribution < 1.29 is 14.8 Å². The zero-order chi connectivity index (χ0) is 16.8. The molecule has 1 heterocycles. The maximum Gasteiger partial charge on any atom is 0.317 e. The van der Waals surface area contributed by atoms with Gasteiger partial charge in [-0.3, -0.25) is 19.8 Å². The number of hydrogen-bond acceptors (Lipinski definition) is 5. The van der Waals surface area contributed by atoms with Crippen LogP contribution in [0.5, 0.6) is 0 Å². The number of carboxylic acids is 1. The van der Waals surface area contributed by atoms with Crippen molar-refractivity contribution in [3.8, 4) is 0 Å². The molecule has 0 amide bonds. The molecule has 0 spiro atoms. The Kier molecular flexibility index (Phi) is 6.06. The Morgan fingerprint density at radius 1 is 1.35 bits per heavy atom. The summed E-state index contributed by atoms with van der Waals surface area (Å²) in [6.45, 7) is 2.93. The van der Waals surface area contributed by atoms with E-state index in [1.807, 2.05) is 24.1 Å². The Labute approximate surface area is 135 Å². The van der Waals surface area contributed by atoms with Gasteiger partial charge in [0.15, 0.2) is 0 Å². The second-order valence-electron chi connectivity index (χ2n) is 6.06. The van der Waals surface area contributed by atoms with Crippen LogP contribution in [0.15, 0.2) is 24.3 Å². The molecule has 2 rings (SSSR count). The molecule has 0 bridgehead atoms. The van der Waals surface area contributed by atoms with Gasteiger partial charge >= 0.3 is 5.97 Å². The van der Waals surface area contributed by atoms with E-state index in [1.165, 1.54) is 0 Å². The summed E-state index contributed by atoms with van der Waals surface area (Å²) in [5.41, 5.74) is 1.22. The first-order chi connectivity index (χ1) is 11.0. The lowest BCUT2D eigenvalue weighted by molar-refractivity contribution is -0.384. The predicted octanol–water partition coefficient (Wildman–Crippen LogP) is 1.62. The molecule has 0 saturated carbocycles. The summed E-state index contributed by atoms with van der Waals surface area (Å²) in [7, 11) is 1.87. The minimum atomic E-state index is -0.784. The molecular formula is C16H23N3O4. The Morgan fingerprint density at radius 3 is 2.48 bits per heavy atom. The van der Waals surface area contributed by atoms with Crippen LogP contribution in [0, 0.1) is 10.1 Å². The molecule has 1 aliphatic rings. The molecule has 126 valence electrons. The zero-order valence-corrected chi connectivity index (χ0v) is 13.4. The number of aliphatic carboxylic acids is 1. The Morgan fingerprint density at radius 2 is 1.96 bits per heavy atom. The normalized spacial score (nSPS) is 16.6. The van der Waals surface area contributed by atoms with Crippen molar-refractivity contribution in [1.82, 2.24) is 9.80 Å². The van der Waals surface area contributed by atoms with Gasteiger partial charge in [-0.1, -0.05) is 12.1 Å². The number of nitro groups is 1. The van der Waals surface area contributed by atoms with Crippen molar-refractivity contribution in [2.24, 2.45) is 0 Å². The summed E-state index contributed by atoms with van der Waals surface area (Å²) in [6, 6.07) is 7.05. The SMILES string of the molecule is CN(CC(=O)O)C1CCN(CCc2ccc([N+](=O)[O-])cc2)CC1. The lowest BCUT2D eigenvalue weighted by Crippen LogP contribution is -2.45. The number of nitrogens with zero attached hydrogens (tertiary/aromatic N) is 3. The number of carbonyl (C=O) groups is 1. The Balaban J connectivity index is 1.74. The summed E-state index contributed by atoms with van der Waals surface area (Å²) in [5.74, 6) is -0.784. The van der Waals surface area contributed by atoms with Crippen LogP contribution in [0.2, 0.25) is 0 Å². The van der Waals surface area contributed by atoms with Gasteiger partial charge in [-0.05, 0) is 45.0 Å². The van der Waals surface area contributed by atoms with Crippen molar-refractivity contribution in [1.29, 1.82) is 0 Å². The molecule has 23 heavy (non-hydrogen) atoms. The van der Waals surface area contributed by atoms with E-state index in [0.717, 1.165) is 44.5 Å². The van der Waals surface area contributed by atoms with Crippen LogP contribution in [-0.4, -0.2) is 65.1 Å². The highest BCUT2D eigenvalue weighted by molar-refractivity contribution is 5.69. The summed E-state index contributed by atoms with van der Waals surface area (Å²) < 4.78 is 0. The number of likely N-dealkylation sites (tertiary alicyclic amines) is 1. The van der Waals surface area contributed by atoms with Crippen LogP contribution in [-0.2, 0) is 11.2 Å². The molecule has 1 saturated heterocycles. The molecule has 0 unspecified atom stereocenters. The minimum Gasteiger partial charge on any atom is -0.480 e. The molecule has 0 radical (unpaired) electrons. The second kappa shape index (κ2) is 8.03. The molecule has 1 aromatic carbocycles. The van der Waals surface area contributed by atoms with Gasteiger partial charge in [0.2, 0.25) is 0 Å². The maximum atomic E-state index is 10.7. The summed E-state index contributed by atoms with van der Waals surface area (Å²) >= 11 is 0. The smallest absolute Gasteiger partial charge is 0.317 e. The minimum absolute atomic E-state index is 0.0907. The molecule has 1 N–H and O–H groups in total. The van der Waals surface area contributed by atoms with Gasteiger partial charge in [0.25, 0.3) is 5.69 Å². The van der Waals surface area contributed by atoms with E-state index in [1.54, 1.807) is 12.1 Å². The second-order valence-corrected chi connectivity index (χ2v) is 6.06. The number of rotatable bonds is 7. The predicted molar refractivity (Wildman–Crippen MR) is 86.5 cm³/mol. The van der Waals surface area contributed by atoms with Gasteiger partial charge in [-0.25, -0.2) is 0 Å². The van der Waals surface area contributed by atoms with Crippen molar-refractivity contribution in [3.63, 3.8) is 0 Å². The van der Waals surface area contributed by atoms with Gasteiger partial charge in [0.05, 0.1) is 11.5 Å². The van der Waals surface area contributed by atoms with Crippen molar-refractivity contribution >= 4 is 11.7 Å². The highest BCUT2D eigenvalue weighted by Gasteiger charge is 2.23. The van der Waals surface area contributed by atoms with Crippen LogP contribution >= 0.6 is 0 Å². The number of carboxylic acid groups (broad SMARTS) is 1. The van der Waals surface area contributed by atoms with Crippen LogP contribution in [0.3, 0.4) is 0 Å². The third-order valence-corrected chi connectivity index (χ3v) is 4.43. The van der Waals surface area contributed by atoms with Crippen molar-refractivity contribution in [2.75, 3.05) is 33.2 Å². The standard InChI is InChI=1S/C16H23N3O4/c1-17(12-16(20)21)14-7-10-18(11-8-14)9-6-13-2-4-15(5-3-13)19(22)23/h2-5,14H,6-12H2,1H3,(H,20,21). The number of piperidine rings is 1. The Hall–Kier alpha value is -1.99. The fourth-order valence-electron chi connectivity index (χ4n) is 3.00. The summed E-state index contributed by atoms with van der Waals surface area (Å²) in [4.78, 5) is 25.3. The number of nitro benzene ring substituents is 1. The van der Waals surface area contributed by atoms with E-state index in [-0.39, 0.29) is 17.2 Å². The summed E-state index contributed by atoms with van der Waals surface area (Å²) in [6.07, 6.45) is 2.82. The average Bonchev–Trinajstić information content (AvgIpc) is 2.53. The molecule has 7 heteroatoms. The van der Waals surface area contributed by atoms with E-state index in [2.05, 4.69) is 4.90 Å². The zero-order valence-electron chi connectivity index (χ0n) is 13.4. The molecule has 0 aromatic heterocycles. The van der Waals surface area contributed by atoms with E-state index in [9.17, 15) is 14.9 Å². The maximum absolute atomic E-state index is 10.7. The highest BCUT2D eigenvalue weighted by Crippen LogP contribution is 2.17. The average molecular weight is 321 g/mol. The monoisotopic (exact) mass is 321 g/mol. The van der Waals surface area contributed by atoms with Crippen LogP contribution < -0.4 is 0 Å². The van der Waals surface area contributed by atoms with Crippen LogP contribution in [0.1, 0.15) is 18.4 Å². The van der Waals surface area contributed by atoms with E-state index in [4.69, 9.17) is 5.11 Å². The van der Waals surface area contributed by atoms with Gasteiger partial charge in [-0.15, -0.1) is 0 Å². The topological polar surface area (TPSA) is 86.9 Å². The molecule has 0 aliphatic carbocycles. The lowest BCUT2D eigenvalue weighted by Gasteiger charge is -2.36. The number of likely N-dealkylation sites (N-methyl/N-ethyl adjacent to an activating group) is 1. The van der Waals surface area contributed by atoms with Gasteiger partial charge in [-0.2, -0.15) is 0 Å². The molecular weight excluding hydrogens is 298 g/mol. The van der Waals surface area contributed by atoms with Crippen LogP contribution in [0.25, 0.3) is 0 Å². The fourth-order valence-corrected chi connectivity index (χ4v) is 3.00. The third kappa shape index (κ3) is 5.30. The first kappa shape index (κ1) is 17.4.